The number of hydrogen-bond donors (Lipinski definition) is 0. The Labute approximate surface area is 403 Å². The van der Waals surface area contributed by atoms with Crippen LogP contribution in [0.3, 0.4) is 0 Å². The molecule has 6 nitrogen and oxygen atoms in total. The SMILES string of the molecule is CCCCCCC/C=C\C/C=C\C/C=C\CCCCCCCCCCCCCCC(=O)OCC(COC(=O)CCCCCCC)OC(=O)CCCCCCC/C=C\CCCCCCCC. The summed E-state index contributed by atoms with van der Waals surface area (Å²) >= 11 is 0. The van der Waals surface area contributed by atoms with Gasteiger partial charge in [0.2, 0.25) is 0 Å². The Hall–Kier alpha value is -2.63. The van der Waals surface area contributed by atoms with Crippen LogP contribution in [0, 0.1) is 0 Å². The molecule has 378 valence electrons. The van der Waals surface area contributed by atoms with E-state index in [1.807, 2.05) is 0 Å². The summed E-state index contributed by atoms with van der Waals surface area (Å²) in [5, 5.41) is 0. The number of carbonyl (C=O) groups excluding carboxylic acids is 3. The van der Waals surface area contributed by atoms with Gasteiger partial charge in [0.25, 0.3) is 0 Å². The van der Waals surface area contributed by atoms with Crippen LogP contribution in [-0.2, 0) is 28.6 Å². The maximum absolute atomic E-state index is 12.7. The summed E-state index contributed by atoms with van der Waals surface area (Å²) in [7, 11) is 0. The molecule has 0 amide bonds. The van der Waals surface area contributed by atoms with Crippen LogP contribution >= 0.6 is 0 Å². The zero-order valence-electron chi connectivity index (χ0n) is 43.3. The number of rotatable bonds is 51. The maximum Gasteiger partial charge on any atom is 0.306 e. The molecule has 0 radical (unpaired) electrons. The maximum atomic E-state index is 12.7. The third kappa shape index (κ3) is 52.2. The van der Waals surface area contributed by atoms with Gasteiger partial charge in [0.1, 0.15) is 13.2 Å². The topological polar surface area (TPSA) is 78.9 Å². The molecule has 0 aliphatic heterocycles. The van der Waals surface area contributed by atoms with Crippen molar-refractivity contribution in [2.24, 2.45) is 0 Å². The zero-order valence-corrected chi connectivity index (χ0v) is 43.3. The number of allylic oxidation sites excluding steroid dienone is 8. The molecule has 0 saturated heterocycles. The molecule has 0 spiro atoms. The Bertz CT molecular complexity index is 1140. The molecule has 65 heavy (non-hydrogen) atoms. The molecular formula is C59H106O6. The van der Waals surface area contributed by atoms with Crippen molar-refractivity contribution in [1.82, 2.24) is 0 Å². The van der Waals surface area contributed by atoms with Crippen LogP contribution in [0.5, 0.6) is 0 Å². The lowest BCUT2D eigenvalue weighted by atomic mass is 10.0. The fraction of sp³-hybridized carbons (Fsp3) is 0.814. The summed E-state index contributed by atoms with van der Waals surface area (Å²) in [6, 6.07) is 0. The van der Waals surface area contributed by atoms with E-state index in [1.54, 1.807) is 0 Å². The number of carbonyl (C=O) groups is 3. The molecule has 0 rings (SSSR count). The standard InChI is InChI=1S/C59H106O6/c1-4-7-10-13-15-17-19-21-23-24-25-26-27-28-29-30-31-32-33-34-36-37-39-41-43-46-49-52-58(61)64-55-56(54-63-57(60)51-48-45-12-9-6-3)65-59(62)53-50-47-44-42-40-38-35-22-20-18-16-14-11-8-5-2/h19,21-22,24-25,27-28,35,56H,4-18,20,23,26,29-34,36-55H2,1-3H3/b21-19-,25-24-,28-27-,35-22-. The minimum atomic E-state index is -0.772. The Morgan fingerprint density at radius 2 is 0.554 bits per heavy atom. The lowest BCUT2D eigenvalue weighted by Crippen LogP contribution is -2.30. The average Bonchev–Trinajstić information content (AvgIpc) is 3.30. The first-order valence-corrected chi connectivity index (χ1v) is 28.1. The number of hydrogen-bond acceptors (Lipinski definition) is 6. The van der Waals surface area contributed by atoms with Gasteiger partial charge < -0.3 is 14.2 Å². The van der Waals surface area contributed by atoms with Crippen LogP contribution in [0.15, 0.2) is 48.6 Å². The molecule has 1 atom stereocenters. The highest BCUT2D eigenvalue weighted by Gasteiger charge is 2.19. The van der Waals surface area contributed by atoms with E-state index in [9.17, 15) is 14.4 Å². The van der Waals surface area contributed by atoms with Gasteiger partial charge in [-0.1, -0.05) is 236 Å². The van der Waals surface area contributed by atoms with E-state index in [0.29, 0.717) is 19.3 Å². The normalized spacial score (nSPS) is 12.4. The van der Waals surface area contributed by atoms with Gasteiger partial charge in [0, 0.05) is 19.3 Å². The van der Waals surface area contributed by atoms with Gasteiger partial charge in [-0.15, -0.1) is 0 Å². The molecule has 0 aliphatic carbocycles. The van der Waals surface area contributed by atoms with Crippen molar-refractivity contribution >= 4 is 17.9 Å². The first-order chi connectivity index (χ1) is 32.0. The summed E-state index contributed by atoms with van der Waals surface area (Å²) in [4.78, 5) is 37.7. The molecule has 0 aliphatic rings. The minimum Gasteiger partial charge on any atom is -0.462 e. The molecule has 0 aromatic rings. The van der Waals surface area contributed by atoms with Gasteiger partial charge in [-0.05, 0) is 83.5 Å². The van der Waals surface area contributed by atoms with Crippen LogP contribution < -0.4 is 0 Å². The molecular weight excluding hydrogens is 805 g/mol. The molecule has 0 aromatic carbocycles. The highest BCUT2D eigenvalue weighted by molar-refractivity contribution is 5.71. The fourth-order valence-electron chi connectivity index (χ4n) is 8.03. The van der Waals surface area contributed by atoms with E-state index in [-0.39, 0.29) is 31.1 Å². The van der Waals surface area contributed by atoms with Gasteiger partial charge in [-0.2, -0.15) is 0 Å². The van der Waals surface area contributed by atoms with E-state index >= 15 is 0 Å². The molecule has 1 unspecified atom stereocenters. The Balaban J connectivity index is 4.04. The summed E-state index contributed by atoms with van der Waals surface area (Å²) < 4.78 is 16.7. The highest BCUT2D eigenvalue weighted by atomic mass is 16.6. The monoisotopic (exact) mass is 911 g/mol. The van der Waals surface area contributed by atoms with Crippen molar-refractivity contribution in [2.45, 2.75) is 297 Å². The second kappa shape index (κ2) is 54.0. The predicted molar refractivity (Wildman–Crippen MR) is 279 cm³/mol. The molecule has 0 saturated carbocycles. The molecule has 0 N–H and O–H groups in total. The van der Waals surface area contributed by atoms with Gasteiger partial charge >= 0.3 is 17.9 Å². The third-order valence-electron chi connectivity index (χ3n) is 12.3. The van der Waals surface area contributed by atoms with Crippen LogP contribution in [0.25, 0.3) is 0 Å². The Kier molecular flexibility index (Phi) is 51.8. The number of unbranched alkanes of at least 4 members (excludes halogenated alkanes) is 32. The number of esters is 3. The largest absolute Gasteiger partial charge is 0.462 e. The van der Waals surface area contributed by atoms with Crippen LogP contribution in [0.2, 0.25) is 0 Å². The zero-order chi connectivity index (χ0) is 47.2. The predicted octanol–water partition coefficient (Wildman–Crippen LogP) is 18.7. The van der Waals surface area contributed by atoms with Crippen LogP contribution in [0.1, 0.15) is 290 Å². The molecule has 0 fully saturated rings. The van der Waals surface area contributed by atoms with E-state index in [1.165, 1.54) is 167 Å². The smallest absolute Gasteiger partial charge is 0.306 e. The van der Waals surface area contributed by atoms with E-state index < -0.39 is 6.10 Å². The van der Waals surface area contributed by atoms with Crippen molar-refractivity contribution < 1.29 is 28.6 Å². The van der Waals surface area contributed by atoms with Gasteiger partial charge in [-0.3, -0.25) is 14.4 Å². The lowest BCUT2D eigenvalue weighted by molar-refractivity contribution is -0.167. The van der Waals surface area contributed by atoms with Crippen molar-refractivity contribution in [1.29, 1.82) is 0 Å². The van der Waals surface area contributed by atoms with Gasteiger partial charge in [-0.25, -0.2) is 0 Å². The average molecular weight is 911 g/mol. The second-order valence-electron chi connectivity index (χ2n) is 18.8. The van der Waals surface area contributed by atoms with E-state index in [2.05, 4.69) is 69.4 Å². The third-order valence-corrected chi connectivity index (χ3v) is 12.3. The van der Waals surface area contributed by atoms with Crippen LogP contribution in [-0.4, -0.2) is 37.2 Å². The van der Waals surface area contributed by atoms with E-state index in [0.717, 1.165) is 83.5 Å². The second-order valence-corrected chi connectivity index (χ2v) is 18.8. The first-order valence-electron chi connectivity index (χ1n) is 28.1. The van der Waals surface area contributed by atoms with Gasteiger partial charge in [0.15, 0.2) is 6.10 Å². The summed E-state index contributed by atoms with van der Waals surface area (Å²) in [6.45, 7) is 6.55. The number of ether oxygens (including phenoxy) is 3. The molecule has 0 heterocycles. The van der Waals surface area contributed by atoms with Crippen molar-refractivity contribution in [2.75, 3.05) is 13.2 Å². The molecule has 6 heteroatoms. The molecule has 0 bridgehead atoms. The minimum absolute atomic E-state index is 0.0760. The highest BCUT2D eigenvalue weighted by Crippen LogP contribution is 2.15. The van der Waals surface area contributed by atoms with Crippen molar-refractivity contribution in [3.05, 3.63) is 48.6 Å². The van der Waals surface area contributed by atoms with Crippen LogP contribution in [0.4, 0.5) is 0 Å². The summed E-state index contributed by atoms with van der Waals surface area (Å²) in [5.41, 5.74) is 0. The quantitative estimate of drug-likeness (QED) is 0.0262. The lowest BCUT2D eigenvalue weighted by Gasteiger charge is -2.18. The van der Waals surface area contributed by atoms with Crippen molar-refractivity contribution in [3.8, 4) is 0 Å². The first kappa shape index (κ1) is 62.4. The Morgan fingerprint density at radius 3 is 0.877 bits per heavy atom. The van der Waals surface area contributed by atoms with Gasteiger partial charge in [0.05, 0.1) is 0 Å². The molecule has 0 aromatic heterocycles. The van der Waals surface area contributed by atoms with Crippen molar-refractivity contribution in [3.63, 3.8) is 0 Å². The van der Waals surface area contributed by atoms with E-state index in [4.69, 9.17) is 14.2 Å². The summed E-state index contributed by atoms with van der Waals surface area (Å²) in [6.07, 6.45) is 65.8. The Morgan fingerprint density at radius 1 is 0.308 bits per heavy atom. The fourth-order valence-corrected chi connectivity index (χ4v) is 8.03. The summed E-state index contributed by atoms with van der Waals surface area (Å²) in [5.74, 6) is -0.891.